The highest BCUT2D eigenvalue weighted by Crippen LogP contribution is 2.59. The van der Waals surface area contributed by atoms with E-state index < -0.39 is 24.8 Å². The number of carbonyl (C=O) groups excluding carboxylic acids is 1. The maximum Gasteiger partial charge on any atom is 0.399 e. The first kappa shape index (κ1) is 16.8. The van der Waals surface area contributed by atoms with Gasteiger partial charge in [-0.25, -0.2) is 4.79 Å². The number of hydrogen-bond donors (Lipinski definition) is 2. The lowest BCUT2D eigenvalue weighted by Gasteiger charge is -2.17. The summed E-state index contributed by atoms with van der Waals surface area (Å²) in [5.74, 6) is -0.621. The summed E-state index contributed by atoms with van der Waals surface area (Å²) in [7, 11) is -5.63. The van der Waals surface area contributed by atoms with Crippen molar-refractivity contribution in [3.63, 3.8) is 0 Å². The molecule has 1 heterocycles. The molecule has 0 radical (unpaired) electrons. The fourth-order valence-corrected chi connectivity index (χ4v) is 3.12. The number of alkyl halides is 2. The van der Waals surface area contributed by atoms with Crippen LogP contribution in [0.5, 0.6) is 0 Å². The molecule has 0 atom stereocenters. The zero-order chi connectivity index (χ0) is 16.5. The minimum atomic E-state index is -5.63. The van der Waals surface area contributed by atoms with Gasteiger partial charge in [-0.2, -0.15) is 8.78 Å². The number of ether oxygens (including phenoxy) is 1. The first-order chi connectivity index (χ1) is 10.2. The topological polar surface area (TPSA) is 83.8 Å². The minimum Gasteiger partial charge on any atom is -0.457 e. The molecule has 0 amide bonds. The maximum absolute atomic E-state index is 13.7. The van der Waals surface area contributed by atoms with E-state index in [1.54, 1.807) is 0 Å². The van der Waals surface area contributed by atoms with E-state index in [0.29, 0.717) is 4.70 Å². The van der Waals surface area contributed by atoms with Crippen LogP contribution in [0.25, 0.3) is 10.1 Å². The first-order valence-corrected chi connectivity index (χ1v) is 8.35. The molecule has 2 aromatic rings. The minimum absolute atomic E-state index is 0.0224. The Balaban J connectivity index is 2.42. The molecule has 22 heavy (non-hydrogen) atoms. The molecule has 0 saturated carbocycles. The highest BCUT2D eigenvalue weighted by molar-refractivity contribution is 7.52. The quantitative estimate of drug-likeness (QED) is 0.491. The van der Waals surface area contributed by atoms with Crippen LogP contribution in [-0.2, 0) is 15.0 Å². The van der Waals surface area contributed by atoms with E-state index in [0.717, 1.165) is 23.5 Å². The molecule has 0 aliphatic carbocycles. The van der Waals surface area contributed by atoms with Gasteiger partial charge in [0.1, 0.15) is 11.5 Å². The molecule has 5 nitrogen and oxygen atoms in total. The van der Waals surface area contributed by atoms with Crippen molar-refractivity contribution in [1.29, 1.82) is 0 Å². The lowest BCUT2D eigenvalue weighted by Crippen LogP contribution is -2.13. The molecule has 0 aliphatic heterocycles. The number of esters is 1. The molecule has 0 bridgehead atoms. The average Bonchev–Trinajstić information content (AvgIpc) is 2.86. The molecular formula is C13H11F2O5PS. The van der Waals surface area contributed by atoms with Crippen LogP contribution >= 0.6 is 18.9 Å². The Labute approximate surface area is 128 Å². The van der Waals surface area contributed by atoms with Crippen LogP contribution in [0.15, 0.2) is 36.9 Å². The molecule has 0 spiro atoms. The van der Waals surface area contributed by atoms with Crippen LogP contribution in [0, 0.1) is 0 Å². The van der Waals surface area contributed by atoms with Crippen molar-refractivity contribution in [2.24, 2.45) is 0 Å². The lowest BCUT2D eigenvalue weighted by molar-refractivity contribution is 0.0555. The highest BCUT2D eigenvalue weighted by atomic mass is 32.1. The lowest BCUT2D eigenvalue weighted by atomic mass is 10.1. The van der Waals surface area contributed by atoms with Crippen molar-refractivity contribution >= 4 is 35.0 Å². The van der Waals surface area contributed by atoms with E-state index in [9.17, 15) is 18.1 Å². The van der Waals surface area contributed by atoms with E-state index in [1.165, 1.54) is 18.2 Å². The molecule has 1 aromatic carbocycles. The van der Waals surface area contributed by atoms with Crippen LogP contribution in [0.2, 0.25) is 0 Å². The number of fused-ring (bicyclic) bond motifs is 1. The van der Waals surface area contributed by atoms with Crippen molar-refractivity contribution in [3.05, 3.63) is 47.4 Å². The van der Waals surface area contributed by atoms with E-state index in [-0.39, 0.29) is 16.9 Å². The van der Waals surface area contributed by atoms with Gasteiger partial charge in [-0.05, 0) is 23.6 Å². The molecule has 9 heteroatoms. The van der Waals surface area contributed by atoms with Gasteiger partial charge in [-0.1, -0.05) is 18.7 Å². The van der Waals surface area contributed by atoms with Gasteiger partial charge in [-0.15, -0.1) is 11.3 Å². The Morgan fingerprint density at radius 2 is 2.09 bits per heavy atom. The van der Waals surface area contributed by atoms with Gasteiger partial charge in [0.2, 0.25) is 0 Å². The summed E-state index contributed by atoms with van der Waals surface area (Å²) in [4.78, 5) is 29.4. The van der Waals surface area contributed by atoms with E-state index in [1.807, 2.05) is 0 Å². The third kappa shape index (κ3) is 3.10. The number of halogens is 2. The van der Waals surface area contributed by atoms with Crippen LogP contribution in [0.4, 0.5) is 8.78 Å². The molecule has 118 valence electrons. The summed E-state index contributed by atoms with van der Waals surface area (Å²) in [5.41, 5.74) is -5.09. The second-order valence-corrected chi connectivity index (χ2v) is 7.07. The van der Waals surface area contributed by atoms with E-state index in [4.69, 9.17) is 14.5 Å². The third-order valence-corrected chi connectivity index (χ3v) is 4.85. The van der Waals surface area contributed by atoms with Crippen molar-refractivity contribution in [3.8, 4) is 0 Å². The van der Waals surface area contributed by atoms with Gasteiger partial charge in [0.15, 0.2) is 0 Å². The summed E-state index contributed by atoms with van der Waals surface area (Å²) >= 11 is 1.03. The number of benzene rings is 1. The molecule has 0 unspecified atom stereocenters. The van der Waals surface area contributed by atoms with Crippen molar-refractivity contribution < 1.29 is 32.7 Å². The van der Waals surface area contributed by atoms with Gasteiger partial charge < -0.3 is 14.5 Å². The summed E-state index contributed by atoms with van der Waals surface area (Å²) in [5, 5.41) is 0.279. The Hall–Kier alpha value is -1.60. The zero-order valence-electron chi connectivity index (χ0n) is 11.0. The van der Waals surface area contributed by atoms with Gasteiger partial charge in [0.05, 0.1) is 0 Å². The van der Waals surface area contributed by atoms with Crippen LogP contribution in [-0.4, -0.2) is 22.4 Å². The van der Waals surface area contributed by atoms with Crippen molar-refractivity contribution in [2.45, 2.75) is 5.66 Å². The van der Waals surface area contributed by atoms with Crippen LogP contribution in [0.1, 0.15) is 15.2 Å². The second kappa shape index (κ2) is 5.89. The fraction of sp³-hybridized carbons (Fsp3) is 0.154. The summed E-state index contributed by atoms with van der Waals surface area (Å²) < 4.78 is 43.6. The number of carbonyl (C=O) groups is 1. The van der Waals surface area contributed by atoms with Crippen molar-refractivity contribution in [2.75, 3.05) is 6.61 Å². The number of hydrogen-bond acceptors (Lipinski definition) is 4. The summed E-state index contributed by atoms with van der Waals surface area (Å²) in [6.07, 6.45) is 1.39. The predicted octanol–water partition coefficient (Wildman–Crippen LogP) is 3.47. The molecule has 0 saturated heterocycles. The monoisotopic (exact) mass is 348 g/mol. The summed E-state index contributed by atoms with van der Waals surface area (Å²) in [6, 6.07) is 4.50. The predicted molar refractivity (Wildman–Crippen MR) is 78.2 cm³/mol. The van der Waals surface area contributed by atoms with Crippen LogP contribution < -0.4 is 0 Å². The fourth-order valence-electron chi connectivity index (χ4n) is 1.70. The van der Waals surface area contributed by atoms with Gasteiger partial charge >= 0.3 is 19.2 Å². The standard InChI is InChI=1S/C13H11F2O5PS/c1-2-5-20-12(16)11-7-8-6-9(3-4-10(8)22-11)13(14,15)21(17,18)19/h2-4,6-7H,1,5H2,(H2,17,18,19). The SMILES string of the molecule is C=CCOC(=O)c1cc2cc(C(F)(F)P(=O)(O)O)ccc2s1. The molecule has 2 rings (SSSR count). The normalized spacial score (nSPS) is 12.4. The largest absolute Gasteiger partial charge is 0.457 e. The van der Waals surface area contributed by atoms with Gasteiger partial charge in [0, 0.05) is 10.3 Å². The Morgan fingerprint density at radius 1 is 1.41 bits per heavy atom. The Bertz CT molecular complexity index is 780. The van der Waals surface area contributed by atoms with E-state index >= 15 is 0 Å². The Kier molecular flexibility index (Phi) is 4.49. The van der Waals surface area contributed by atoms with E-state index in [2.05, 4.69) is 6.58 Å². The highest BCUT2D eigenvalue weighted by Gasteiger charge is 2.50. The molecule has 2 N–H and O–H groups in total. The second-order valence-electron chi connectivity index (χ2n) is 4.34. The average molecular weight is 348 g/mol. The number of thiophene rings is 1. The molecule has 0 aliphatic rings. The third-order valence-electron chi connectivity index (χ3n) is 2.76. The number of rotatable bonds is 5. The summed E-state index contributed by atoms with van der Waals surface area (Å²) in [6.45, 7) is 3.42. The maximum atomic E-state index is 13.7. The zero-order valence-corrected chi connectivity index (χ0v) is 12.7. The Morgan fingerprint density at radius 3 is 2.68 bits per heavy atom. The van der Waals surface area contributed by atoms with Gasteiger partial charge in [0.25, 0.3) is 0 Å². The van der Waals surface area contributed by atoms with Crippen LogP contribution in [0.3, 0.4) is 0 Å². The van der Waals surface area contributed by atoms with Gasteiger partial charge in [-0.3, -0.25) is 4.57 Å². The van der Waals surface area contributed by atoms with Crippen molar-refractivity contribution in [1.82, 2.24) is 0 Å². The molecular weight excluding hydrogens is 337 g/mol. The smallest absolute Gasteiger partial charge is 0.399 e. The first-order valence-electron chi connectivity index (χ1n) is 5.92. The molecule has 0 fully saturated rings. The molecule has 1 aromatic heterocycles.